The maximum atomic E-state index is 12.6. The fraction of sp³-hybridized carbons (Fsp3) is 0.241. The number of ether oxygens (including phenoxy) is 1. The molecule has 37 heavy (non-hydrogen) atoms. The molecule has 8 heteroatoms. The summed E-state index contributed by atoms with van der Waals surface area (Å²) in [6.07, 6.45) is 2.75. The maximum absolute atomic E-state index is 12.6. The summed E-state index contributed by atoms with van der Waals surface area (Å²) in [6, 6.07) is 20.7. The zero-order valence-corrected chi connectivity index (χ0v) is 20.9. The van der Waals surface area contributed by atoms with Crippen molar-refractivity contribution in [3.8, 4) is 11.1 Å². The van der Waals surface area contributed by atoms with Crippen LogP contribution in [0.25, 0.3) is 22.2 Å². The number of nitrogens with zero attached hydrogens (tertiary/aromatic N) is 3. The molecule has 1 aliphatic rings. The van der Waals surface area contributed by atoms with E-state index in [4.69, 9.17) is 9.72 Å². The van der Waals surface area contributed by atoms with Crippen molar-refractivity contribution in [2.45, 2.75) is 32.7 Å². The minimum atomic E-state index is -0.441. The summed E-state index contributed by atoms with van der Waals surface area (Å²) in [5.41, 5.74) is 5.29. The number of nitrogens with one attached hydrogen (secondary N) is 1. The van der Waals surface area contributed by atoms with Crippen LogP contribution in [0.2, 0.25) is 0 Å². The number of benzene rings is 3. The largest absolute Gasteiger partial charge is 0.465 e. The van der Waals surface area contributed by atoms with Crippen LogP contribution in [0.15, 0.2) is 66.7 Å². The number of esters is 1. The Kier molecular flexibility index (Phi) is 6.72. The second kappa shape index (κ2) is 10.3. The number of aryl methyl sites for hydroxylation is 1. The van der Waals surface area contributed by atoms with Crippen LogP contribution in [0.3, 0.4) is 0 Å². The smallest absolute Gasteiger partial charge is 0.340 e. The van der Waals surface area contributed by atoms with Gasteiger partial charge in [-0.1, -0.05) is 61.9 Å². The number of methoxy groups -OCH3 is 1. The highest BCUT2D eigenvalue weighted by atomic mass is 16.5. The van der Waals surface area contributed by atoms with E-state index in [0.717, 1.165) is 52.8 Å². The topological polar surface area (TPSA) is 93.5 Å². The summed E-state index contributed by atoms with van der Waals surface area (Å²) in [7, 11) is 1.37. The molecule has 0 radical (unpaired) electrons. The van der Waals surface area contributed by atoms with Gasteiger partial charge in [-0.3, -0.25) is 15.0 Å². The Hall–Kier alpha value is -4.46. The van der Waals surface area contributed by atoms with Crippen LogP contribution in [0.1, 0.15) is 41.5 Å². The lowest BCUT2D eigenvalue weighted by Crippen LogP contribution is -2.28. The Morgan fingerprint density at radius 1 is 1.05 bits per heavy atom. The molecule has 0 aliphatic carbocycles. The second-order valence-corrected chi connectivity index (χ2v) is 9.04. The van der Waals surface area contributed by atoms with Crippen LogP contribution in [-0.2, 0) is 22.5 Å². The lowest BCUT2D eigenvalue weighted by Gasteiger charge is -2.20. The Labute approximate surface area is 214 Å². The van der Waals surface area contributed by atoms with Crippen molar-refractivity contribution in [2.24, 2.45) is 0 Å². The minimum Gasteiger partial charge on any atom is -0.465 e. The third-order valence-corrected chi connectivity index (χ3v) is 6.58. The van der Waals surface area contributed by atoms with Crippen molar-refractivity contribution in [3.05, 3.63) is 83.7 Å². The Morgan fingerprint density at radius 2 is 1.86 bits per heavy atom. The van der Waals surface area contributed by atoms with Gasteiger partial charge in [-0.05, 0) is 35.7 Å². The number of hydrogen-bond acceptors (Lipinski definition) is 5. The number of carbonyl (C=O) groups is 3. The molecule has 1 saturated heterocycles. The lowest BCUT2D eigenvalue weighted by atomic mass is 10.0. The second-order valence-electron chi connectivity index (χ2n) is 9.04. The number of imidazole rings is 1. The molecule has 0 atom stereocenters. The molecule has 8 nitrogen and oxygen atoms in total. The Morgan fingerprint density at radius 3 is 2.57 bits per heavy atom. The molecule has 4 aromatic rings. The van der Waals surface area contributed by atoms with Crippen LogP contribution in [0.4, 0.5) is 10.5 Å². The first-order valence-corrected chi connectivity index (χ1v) is 12.4. The number of fused-ring (bicyclic) bond motifs is 1. The molecule has 3 aromatic carbocycles. The molecule has 0 saturated carbocycles. The summed E-state index contributed by atoms with van der Waals surface area (Å²) in [5.74, 6) is 0.136. The minimum absolute atomic E-state index is 0.0373. The highest BCUT2D eigenvalue weighted by molar-refractivity contribution is 6.13. The fourth-order valence-corrected chi connectivity index (χ4v) is 4.78. The van der Waals surface area contributed by atoms with Crippen LogP contribution in [0, 0.1) is 0 Å². The predicted molar refractivity (Wildman–Crippen MR) is 142 cm³/mol. The normalized spacial score (nSPS) is 13.3. The van der Waals surface area contributed by atoms with E-state index in [9.17, 15) is 14.4 Å². The van der Waals surface area contributed by atoms with Gasteiger partial charge < -0.3 is 9.30 Å². The number of para-hydroxylation sites is 1. The molecular formula is C29H28N4O4. The van der Waals surface area contributed by atoms with Gasteiger partial charge in [0.1, 0.15) is 12.4 Å². The van der Waals surface area contributed by atoms with Gasteiger partial charge in [-0.2, -0.15) is 0 Å². The van der Waals surface area contributed by atoms with Gasteiger partial charge in [0.05, 0.1) is 29.4 Å². The average molecular weight is 497 g/mol. The Bertz CT molecular complexity index is 1490. The zero-order valence-electron chi connectivity index (χ0n) is 20.9. The average Bonchev–Trinajstić information content (AvgIpc) is 3.45. The van der Waals surface area contributed by atoms with Crippen LogP contribution < -0.4 is 10.2 Å². The molecule has 1 fully saturated rings. The van der Waals surface area contributed by atoms with Crippen LogP contribution in [-0.4, -0.2) is 41.1 Å². The van der Waals surface area contributed by atoms with Gasteiger partial charge >= 0.3 is 12.0 Å². The fourth-order valence-electron chi connectivity index (χ4n) is 4.78. The van der Waals surface area contributed by atoms with E-state index in [2.05, 4.69) is 16.8 Å². The third-order valence-electron chi connectivity index (χ3n) is 6.58. The van der Waals surface area contributed by atoms with Crippen molar-refractivity contribution in [3.63, 3.8) is 0 Å². The maximum Gasteiger partial charge on any atom is 0.340 e. The number of rotatable bonds is 8. The van der Waals surface area contributed by atoms with Gasteiger partial charge in [-0.15, -0.1) is 0 Å². The summed E-state index contributed by atoms with van der Waals surface area (Å²) >= 11 is 0. The monoisotopic (exact) mass is 496 g/mol. The van der Waals surface area contributed by atoms with Gasteiger partial charge in [-0.25, -0.2) is 14.6 Å². The van der Waals surface area contributed by atoms with Crippen molar-refractivity contribution in [1.82, 2.24) is 14.9 Å². The quantitative estimate of drug-likeness (QED) is 0.276. The predicted octanol–water partition coefficient (Wildman–Crippen LogP) is 4.94. The van der Waals surface area contributed by atoms with E-state index in [-0.39, 0.29) is 12.5 Å². The van der Waals surface area contributed by atoms with E-state index in [0.29, 0.717) is 17.8 Å². The number of urea groups is 1. The third kappa shape index (κ3) is 4.70. The summed E-state index contributed by atoms with van der Waals surface area (Å²) < 4.78 is 7.11. The van der Waals surface area contributed by atoms with Gasteiger partial charge in [0, 0.05) is 18.5 Å². The molecule has 0 unspecified atom stereocenters. The van der Waals surface area contributed by atoms with E-state index in [1.807, 2.05) is 60.7 Å². The van der Waals surface area contributed by atoms with Gasteiger partial charge in [0.15, 0.2) is 0 Å². The highest BCUT2D eigenvalue weighted by Gasteiger charge is 2.30. The number of carbonyl (C=O) groups excluding carboxylic acids is 3. The molecule has 0 bridgehead atoms. The van der Waals surface area contributed by atoms with Gasteiger partial charge in [0.2, 0.25) is 5.91 Å². The van der Waals surface area contributed by atoms with Crippen molar-refractivity contribution in [2.75, 3.05) is 18.6 Å². The number of unbranched alkanes of at least 4 members (excludes halogenated alkanes) is 1. The molecule has 0 spiro atoms. The zero-order chi connectivity index (χ0) is 25.9. The van der Waals surface area contributed by atoms with E-state index in [1.54, 1.807) is 6.07 Å². The summed E-state index contributed by atoms with van der Waals surface area (Å²) in [5, 5.41) is 2.37. The molecule has 1 aromatic heterocycles. The number of amides is 3. The first kappa shape index (κ1) is 24.2. The van der Waals surface area contributed by atoms with Crippen molar-refractivity contribution >= 4 is 34.6 Å². The highest BCUT2D eigenvalue weighted by Crippen LogP contribution is 2.34. The van der Waals surface area contributed by atoms with E-state index in [1.165, 1.54) is 12.0 Å². The van der Waals surface area contributed by atoms with Crippen LogP contribution in [0.5, 0.6) is 0 Å². The van der Waals surface area contributed by atoms with E-state index < -0.39 is 12.0 Å². The summed E-state index contributed by atoms with van der Waals surface area (Å²) in [4.78, 5) is 43.6. The standard InChI is InChI=1S/C29H28N4O4/c1-3-4-13-25-30-23-12-8-11-22(28(35)37-2)27(23)33(25)17-19-14-15-21(20-9-6-5-7-10-20)24(16-19)32-18-26(34)31-29(32)36/h5-12,14-16H,3-4,13,17-18H2,1-2H3,(H,31,34,36). The first-order valence-electron chi connectivity index (χ1n) is 12.4. The first-order chi connectivity index (χ1) is 18.0. The molecular weight excluding hydrogens is 468 g/mol. The molecule has 5 rings (SSSR count). The van der Waals surface area contributed by atoms with Crippen LogP contribution >= 0.6 is 0 Å². The molecule has 188 valence electrons. The number of imide groups is 1. The molecule has 3 amide bonds. The van der Waals surface area contributed by atoms with Crippen molar-refractivity contribution in [1.29, 1.82) is 0 Å². The number of anilines is 1. The molecule has 1 N–H and O–H groups in total. The molecule has 1 aliphatic heterocycles. The number of hydrogen-bond donors (Lipinski definition) is 1. The van der Waals surface area contributed by atoms with Crippen molar-refractivity contribution < 1.29 is 19.1 Å². The lowest BCUT2D eigenvalue weighted by molar-refractivity contribution is -0.117. The SMILES string of the molecule is CCCCc1nc2cccc(C(=O)OC)c2n1Cc1ccc(-c2ccccc2)c(N2CC(=O)NC2=O)c1. The Balaban J connectivity index is 1.64. The molecule has 2 heterocycles. The van der Waals surface area contributed by atoms with E-state index >= 15 is 0 Å². The number of aromatic nitrogens is 2. The summed E-state index contributed by atoms with van der Waals surface area (Å²) in [6.45, 7) is 2.53. The van der Waals surface area contributed by atoms with Gasteiger partial charge in [0.25, 0.3) is 0 Å².